The summed E-state index contributed by atoms with van der Waals surface area (Å²) >= 11 is 0. The van der Waals surface area contributed by atoms with Crippen LogP contribution in [-0.2, 0) is 20.9 Å². The van der Waals surface area contributed by atoms with E-state index in [1.165, 1.54) is 51.4 Å². The number of fused-ring (bicyclic) bond motifs is 1. The van der Waals surface area contributed by atoms with Gasteiger partial charge in [-0.15, -0.1) is 0 Å². The van der Waals surface area contributed by atoms with Crippen molar-refractivity contribution in [2.24, 2.45) is 10.9 Å². The molecule has 1 heterocycles. The van der Waals surface area contributed by atoms with Crippen LogP contribution >= 0.6 is 0 Å². The average molecular weight is 638 g/mol. The highest BCUT2D eigenvalue weighted by atomic mass is 16.5. The smallest absolute Gasteiger partial charge is 0.413 e. The molecule has 254 valence electrons. The van der Waals surface area contributed by atoms with Crippen molar-refractivity contribution in [1.82, 2.24) is 20.4 Å². The fourth-order valence-corrected chi connectivity index (χ4v) is 7.40. The summed E-state index contributed by atoms with van der Waals surface area (Å²) < 4.78 is 11.6. The van der Waals surface area contributed by atoms with Gasteiger partial charge < -0.3 is 24.6 Å². The minimum atomic E-state index is -0.537. The van der Waals surface area contributed by atoms with Gasteiger partial charge in [-0.25, -0.2) is 9.79 Å². The average Bonchev–Trinajstić information content (AvgIpc) is 3.36. The number of hydrogen-bond acceptors (Lipinski definition) is 7. The maximum absolute atomic E-state index is 13.1. The Morgan fingerprint density at radius 3 is 2.33 bits per heavy atom. The van der Waals surface area contributed by atoms with Crippen LogP contribution in [0.1, 0.15) is 121 Å². The highest BCUT2D eigenvalue weighted by Gasteiger charge is 2.27. The standard InChI is InChI=1S/C36H55N5O5/c1-40(30-17-10-2-3-11-18-30)34(43)19-12-22-45-31-20-21-32-28(23-31)24-41(25-33(42)37-29-15-8-5-9-16-29)35(38-32)39-36(44)46-26-27-13-6-4-7-14-27/h20-21,23,27,29-30H,2-19,22,24-26H2,1H3,(H,37,42)(H,38,39,44). The summed E-state index contributed by atoms with van der Waals surface area (Å²) in [6, 6.07) is 6.26. The van der Waals surface area contributed by atoms with E-state index in [1.807, 2.05) is 30.1 Å². The lowest BCUT2D eigenvalue weighted by atomic mass is 9.90. The van der Waals surface area contributed by atoms with Crippen LogP contribution in [-0.4, -0.2) is 72.6 Å². The van der Waals surface area contributed by atoms with E-state index in [1.54, 1.807) is 4.90 Å². The first-order valence-electron chi connectivity index (χ1n) is 18.0. The number of benzene rings is 1. The number of carbonyl (C=O) groups excluding carboxylic acids is 3. The zero-order valence-electron chi connectivity index (χ0n) is 27.9. The molecule has 2 N–H and O–H groups in total. The predicted molar refractivity (Wildman–Crippen MR) is 179 cm³/mol. The number of ether oxygens (including phenoxy) is 2. The van der Waals surface area contributed by atoms with Crippen molar-refractivity contribution < 1.29 is 23.9 Å². The van der Waals surface area contributed by atoms with Gasteiger partial charge in [0, 0.05) is 37.7 Å². The number of alkyl carbamates (subject to hydrolysis) is 1. The number of nitrogens with one attached hydrogen (secondary N) is 2. The molecule has 1 aliphatic heterocycles. The van der Waals surface area contributed by atoms with Gasteiger partial charge >= 0.3 is 6.09 Å². The topological polar surface area (TPSA) is 113 Å². The molecule has 3 aliphatic carbocycles. The molecular formula is C36H55N5O5. The molecule has 0 atom stereocenters. The summed E-state index contributed by atoms with van der Waals surface area (Å²) in [5, 5.41) is 6.01. The summed E-state index contributed by atoms with van der Waals surface area (Å²) in [4.78, 5) is 47.2. The Kier molecular flexibility index (Phi) is 13.0. The van der Waals surface area contributed by atoms with Crippen molar-refractivity contribution in [3.8, 4) is 5.75 Å². The maximum atomic E-state index is 13.1. The Morgan fingerprint density at radius 1 is 0.913 bits per heavy atom. The van der Waals surface area contributed by atoms with Crippen LogP contribution in [0.2, 0.25) is 0 Å². The van der Waals surface area contributed by atoms with Gasteiger partial charge in [0.25, 0.3) is 0 Å². The minimum absolute atomic E-state index is 0.0775. The lowest BCUT2D eigenvalue weighted by Gasteiger charge is -2.31. The van der Waals surface area contributed by atoms with Gasteiger partial charge in [0.2, 0.25) is 17.8 Å². The Balaban J connectivity index is 1.16. The molecule has 4 aliphatic rings. The van der Waals surface area contributed by atoms with Gasteiger partial charge in [-0.05, 0) is 69.1 Å². The van der Waals surface area contributed by atoms with Crippen molar-refractivity contribution in [2.75, 3.05) is 26.8 Å². The third kappa shape index (κ3) is 10.4. The lowest BCUT2D eigenvalue weighted by molar-refractivity contribution is -0.132. The van der Waals surface area contributed by atoms with Crippen LogP contribution in [0.4, 0.5) is 10.5 Å². The van der Waals surface area contributed by atoms with Crippen LogP contribution in [0.25, 0.3) is 0 Å². The van der Waals surface area contributed by atoms with Crippen LogP contribution < -0.4 is 15.4 Å². The molecule has 0 saturated heterocycles. The lowest BCUT2D eigenvalue weighted by Crippen LogP contribution is -2.50. The fraction of sp³-hybridized carbons (Fsp3) is 0.722. The molecule has 0 bridgehead atoms. The number of hydrogen-bond donors (Lipinski definition) is 2. The van der Waals surface area contributed by atoms with E-state index in [2.05, 4.69) is 10.6 Å². The Morgan fingerprint density at radius 2 is 1.59 bits per heavy atom. The van der Waals surface area contributed by atoms with E-state index in [4.69, 9.17) is 14.5 Å². The molecule has 5 rings (SSSR count). The number of carbonyl (C=O) groups is 3. The van der Waals surface area contributed by atoms with Crippen LogP contribution in [0.5, 0.6) is 5.75 Å². The van der Waals surface area contributed by atoms with Crippen LogP contribution in [0, 0.1) is 5.92 Å². The zero-order valence-corrected chi connectivity index (χ0v) is 27.9. The van der Waals surface area contributed by atoms with Crippen LogP contribution in [0.15, 0.2) is 23.2 Å². The Bertz CT molecular complexity index is 1190. The number of nitrogens with zero attached hydrogens (tertiary/aromatic N) is 3. The van der Waals surface area contributed by atoms with Gasteiger partial charge in [0.05, 0.1) is 18.9 Å². The molecule has 1 aromatic rings. The van der Waals surface area contributed by atoms with Gasteiger partial charge in [-0.3, -0.25) is 14.9 Å². The van der Waals surface area contributed by atoms with Gasteiger partial charge in [0.1, 0.15) is 12.3 Å². The number of aliphatic imine (C=N–C) groups is 1. The molecule has 3 saturated carbocycles. The molecule has 3 fully saturated rings. The molecule has 0 radical (unpaired) electrons. The van der Waals surface area contributed by atoms with Gasteiger partial charge in [0.15, 0.2) is 0 Å². The monoisotopic (exact) mass is 637 g/mol. The Hall–Kier alpha value is -3.30. The summed E-state index contributed by atoms with van der Waals surface area (Å²) in [7, 11) is 1.95. The molecular weight excluding hydrogens is 582 g/mol. The molecule has 10 nitrogen and oxygen atoms in total. The first-order valence-corrected chi connectivity index (χ1v) is 18.0. The Labute approximate surface area is 275 Å². The third-order valence-corrected chi connectivity index (χ3v) is 10.2. The number of guanidine groups is 1. The molecule has 0 unspecified atom stereocenters. The summed E-state index contributed by atoms with van der Waals surface area (Å²) in [6.45, 7) is 1.33. The van der Waals surface area contributed by atoms with E-state index >= 15 is 0 Å². The maximum Gasteiger partial charge on any atom is 0.413 e. The van der Waals surface area contributed by atoms with E-state index < -0.39 is 6.09 Å². The van der Waals surface area contributed by atoms with Gasteiger partial charge in [-0.1, -0.05) is 64.2 Å². The SMILES string of the molecule is CN(C(=O)CCCOc1ccc2c(c1)CN(CC(=O)NC1CCCCC1)C(NC(=O)OCC1CCCCC1)=N2)C1CCCCCC1. The van der Waals surface area contributed by atoms with E-state index in [0.717, 1.165) is 62.6 Å². The minimum Gasteiger partial charge on any atom is -0.494 e. The van der Waals surface area contributed by atoms with Crippen molar-refractivity contribution in [1.29, 1.82) is 0 Å². The molecule has 0 aromatic heterocycles. The number of amides is 3. The highest BCUT2D eigenvalue weighted by Crippen LogP contribution is 2.30. The normalized spacial score (nSPS) is 19.8. The zero-order chi connectivity index (χ0) is 32.1. The quantitative estimate of drug-likeness (QED) is 0.209. The summed E-state index contributed by atoms with van der Waals surface area (Å²) in [5.74, 6) is 1.55. The van der Waals surface area contributed by atoms with Crippen LogP contribution in [0.3, 0.4) is 0 Å². The van der Waals surface area contributed by atoms with Crippen molar-refractivity contribution >= 4 is 29.6 Å². The first-order chi connectivity index (χ1) is 22.4. The van der Waals surface area contributed by atoms with E-state index in [-0.39, 0.29) is 24.4 Å². The molecule has 10 heteroatoms. The van der Waals surface area contributed by atoms with E-state index in [9.17, 15) is 14.4 Å². The molecule has 46 heavy (non-hydrogen) atoms. The number of rotatable bonds is 11. The third-order valence-electron chi connectivity index (χ3n) is 10.2. The van der Waals surface area contributed by atoms with Gasteiger partial charge in [-0.2, -0.15) is 0 Å². The second kappa shape index (κ2) is 17.6. The predicted octanol–water partition coefficient (Wildman–Crippen LogP) is 6.59. The molecule has 0 spiro atoms. The van der Waals surface area contributed by atoms with Crippen molar-refractivity contribution in [3.63, 3.8) is 0 Å². The first kappa shape index (κ1) is 34.0. The largest absolute Gasteiger partial charge is 0.494 e. The second-order valence-corrected chi connectivity index (χ2v) is 13.8. The van der Waals surface area contributed by atoms with E-state index in [0.29, 0.717) is 56.3 Å². The highest BCUT2D eigenvalue weighted by molar-refractivity contribution is 5.98. The molecule has 3 amide bonds. The summed E-state index contributed by atoms with van der Waals surface area (Å²) in [6.07, 6.45) is 19.1. The van der Waals surface area contributed by atoms with Crippen molar-refractivity contribution in [2.45, 2.75) is 134 Å². The van der Waals surface area contributed by atoms with Crippen molar-refractivity contribution in [3.05, 3.63) is 23.8 Å². The fourth-order valence-electron chi connectivity index (χ4n) is 7.40. The second-order valence-electron chi connectivity index (χ2n) is 13.8. The molecule has 1 aromatic carbocycles. The summed E-state index contributed by atoms with van der Waals surface area (Å²) in [5.41, 5.74) is 1.63.